The second kappa shape index (κ2) is 10.5. The molecule has 0 aliphatic heterocycles. The van der Waals surface area contributed by atoms with Crippen molar-refractivity contribution in [1.82, 2.24) is 10.6 Å². The summed E-state index contributed by atoms with van der Waals surface area (Å²) in [5, 5.41) is 17.2. The summed E-state index contributed by atoms with van der Waals surface area (Å²) in [5.74, 6) is 1.57. The van der Waals surface area contributed by atoms with E-state index in [1.54, 1.807) is 13.2 Å². The standard InChI is InChI=1S/C21H33N3O3.HI/c1-4-22-20(23-13-10-15-8-6-9-16(26-3)19(15)25)24-17-14-18(27-5-2)21(17)11-7-12-21;/h6,8-9,17-18,25H,4-5,7,10-14H2,1-3H3,(H2,22,23,24);1H. The molecule has 0 radical (unpaired) electrons. The lowest BCUT2D eigenvalue weighted by Crippen LogP contribution is -2.68. The van der Waals surface area contributed by atoms with Gasteiger partial charge in [0.15, 0.2) is 17.5 Å². The summed E-state index contributed by atoms with van der Waals surface area (Å²) in [6.45, 7) is 6.37. The summed E-state index contributed by atoms with van der Waals surface area (Å²) in [6.07, 6.45) is 5.89. The topological polar surface area (TPSA) is 75.1 Å². The predicted molar refractivity (Wildman–Crippen MR) is 123 cm³/mol. The molecular formula is C21H34IN3O3. The molecule has 28 heavy (non-hydrogen) atoms. The molecule has 2 unspecified atom stereocenters. The van der Waals surface area contributed by atoms with Crippen LogP contribution < -0.4 is 15.4 Å². The number of methoxy groups -OCH3 is 1. The fourth-order valence-corrected chi connectivity index (χ4v) is 4.35. The van der Waals surface area contributed by atoms with Gasteiger partial charge in [-0.3, -0.25) is 4.99 Å². The van der Waals surface area contributed by atoms with Crippen LogP contribution in [0, 0.1) is 5.41 Å². The van der Waals surface area contributed by atoms with Crippen LogP contribution in [0.1, 0.15) is 45.1 Å². The van der Waals surface area contributed by atoms with Crippen molar-refractivity contribution in [2.24, 2.45) is 10.4 Å². The maximum atomic E-state index is 10.2. The number of aliphatic imine (C=N–C) groups is 1. The SMILES string of the molecule is CCNC(=NCCc1cccc(OC)c1O)NC1CC(OCC)C12CCC2.I. The number of ether oxygens (including phenoxy) is 2. The van der Waals surface area contributed by atoms with Gasteiger partial charge in [0.25, 0.3) is 0 Å². The van der Waals surface area contributed by atoms with Crippen molar-refractivity contribution in [3.63, 3.8) is 0 Å². The molecule has 2 aliphatic carbocycles. The van der Waals surface area contributed by atoms with Gasteiger partial charge in [-0.25, -0.2) is 0 Å². The zero-order valence-corrected chi connectivity index (χ0v) is 19.5. The van der Waals surface area contributed by atoms with Crippen molar-refractivity contribution in [3.05, 3.63) is 23.8 Å². The maximum Gasteiger partial charge on any atom is 0.191 e. The number of phenols is 1. The number of nitrogens with zero attached hydrogens (tertiary/aromatic N) is 1. The van der Waals surface area contributed by atoms with E-state index in [9.17, 15) is 5.11 Å². The number of para-hydroxylation sites is 1. The molecule has 2 saturated carbocycles. The number of hydrogen-bond donors (Lipinski definition) is 3. The van der Waals surface area contributed by atoms with Crippen LogP contribution in [0.5, 0.6) is 11.5 Å². The van der Waals surface area contributed by atoms with Gasteiger partial charge in [-0.1, -0.05) is 18.6 Å². The Bertz CT molecular complexity index is 664. The third-order valence-electron chi connectivity index (χ3n) is 6.05. The highest BCUT2D eigenvalue weighted by Crippen LogP contribution is 2.57. The number of hydrogen-bond acceptors (Lipinski definition) is 4. The molecule has 0 bridgehead atoms. The number of guanidine groups is 1. The van der Waals surface area contributed by atoms with Gasteiger partial charge in [0.05, 0.1) is 13.2 Å². The minimum Gasteiger partial charge on any atom is -0.504 e. The van der Waals surface area contributed by atoms with E-state index in [2.05, 4.69) is 24.5 Å². The van der Waals surface area contributed by atoms with Crippen LogP contribution in [0.3, 0.4) is 0 Å². The number of rotatable bonds is 8. The first-order valence-corrected chi connectivity index (χ1v) is 10.2. The summed E-state index contributed by atoms with van der Waals surface area (Å²) in [6, 6.07) is 6.00. The van der Waals surface area contributed by atoms with Gasteiger partial charge in [0.1, 0.15) is 0 Å². The average molecular weight is 503 g/mol. The number of phenolic OH excluding ortho intramolecular Hbond substituents is 1. The molecular weight excluding hydrogens is 469 g/mol. The van der Waals surface area contributed by atoms with Crippen molar-refractivity contribution in [2.45, 2.75) is 58.1 Å². The van der Waals surface area contributed by atoms with E-state index in [-0.39, 0.29) is 29.7 Å². The third-order valence-corrected chi connectivity index (χ3v) is 6.05. The highest BCUT2D eigenvalue weighted by atomic mass is 127. The van der Waals surface area contributed by atoms with E-state index in [0.717, 1.165) is 31.1 Å². The molecule has 0 aromatic heterocycles. The highest BCUT2D eigenvalue weighted by Gasteiger charge is 2.59. The minimum absolute atomic E-state index is 0. The number of halogens is 1. The average Bonchev–Trinajstić information content (AvgIpc) is 2.60. The molecule has 2 fully saturated rings. The van der Waals surface area contributed by atoms with E-state index < -0.39 is 0 Å². The van der Waals surface area contributed by atoms with Crippen LogP contribution in [-0.4, -0.2) is 50.0 Å². The zero-order chi connectivity index (χ0) is 19.3. The Balaban J connectivity index is 0.00000280. The summed E-state index contributed by atoms with van der Waals surface area (Å²) in [5.41, 5.74) is 1.15. The Kier molecular flexibility index (Phi) is 8.67. The second-order valence-corrected chi connectivity index (χ2v) is 7.44. The number of aromatic hydroxyl groups is 1. The van der Waals surface area contributed by atoms with E-state index >= 15 is 0 Å². The van der Waals surface area contributed by atoms with Crippen molar-refractivity contribution in [1.29, 1.82) is 0 Å². The normalized spacial score (nSPS) is 22.6. The van der Waals surface area contributed by atoms with Gasteiger partial charge >= 0.3 is 0 Å². The molecule has 0 saturated heterocycles. The lowest BCUT2D eigenvalue weighted by molar-refractivity contribution is -0.168. The summed E-state index contributed by atoms with van der Waals surface area (Å²) >= 11 is 0. The summed E-state index contributed by atoms with van der Waals surface area (Å²) in [4.78, 5) is 4.72. The molecule has 158 valence electrons. The fourth-order valence-electron chi connectivity index (χ4n) is 4.35. The molecule has 1 aromatic rings. The summed E-state index contributed by atoms with van der Waals surface area (Å²) < 4.78 is 11.1. The van der Waals surface area contributed by atoms with Crippen LogP contribution in [0.15, 0.2) is 23.2 Å². The Morgan fingerprint density at radius 1 is 1.32 bits per heavy atom. The Morgan fingerprint density at radius 3 is 2.71 bits per heavy atom. The first-order chi connectivity index (χ1) is 13.1. The van der Waals surface area contributed by atoms with E-state index in [4.69, 9.17) is 14.5 Å². The molecule has 3 N–H and O–H groups in total. The smallest absolute Gasteiger partial charge is 0.191 e. The van der Waals surface area contributed by atoms with Gasteiger partial charge in [0, 0.05) is 31.2 Å². The molecule has 1 aromatic carbocycles. The number of benzene rings is 1. The molecule has 3 rings (SSSR count). The molecule has 1 spiro atoms. The third kappa shape index (κ3) is 4.67. The predicted octanol–water partition coefficient (Wildman–Crippen LogP) is 3.46. The van der Waals surface area contributed by atoms with Crippen LogP contribution in [-0.2, 0) is 11.2 Å². The maximum absolute atomic E-state index is 10.2. The van der Waals surface area contributed by atoms with Crippen LogP contribution in [0.4, 0.5) is 0 Å². The van der Waals surface area contributed by atoms with Gasteiger partial charge in [-0.15, -0.1) is 24.0 Å². The van der Waals surface area contributed by atoms with Gasteiger partial charge < -0.3 is 25.2 Å². The molecule has 6 nitrogen and oxygen atoms in total. The quantitative estimate of drug-likeness (QED) is 0.288. The van der Waals surface area contributed by atoms with Crippen molar-refractivity contribution in [2.75, 3.05) is 26.8 Å². The second-order valence-electron chi connectivity index (χ2n) is 7.44. The Labute approximate surface area is 185 Å². The monoisotopic (exact) mass is 503 g/mol. The van der Waals surface area contributed by atoms with Crippen molar-refractivity contribution in [3.8, 4) is 11.5 Å². The van der Waals surface area contributed by atoms with Gasteiger partial charge in [-0.2, -0.15) is 0 Å². The van der Waals surface area contributed by atoms with Gasteiger partial charge in [-0.05, 0) is 51.2 Å². The first kappa shape index (κ1) is 23.1. The fraction of sp³-hybridized carbons (Fsp3) is 0.667. The Morgan fingerprint density at radius 2 is 2.11 bits per heavy atom. The highest BCUT2D eigenvalue weighted by molar-refractivity contribution is 14.0. The number of nitrogens with one attached hydrogen (secondary N) is 2. The molecule has 7 heteroatoms. The summed E-state index contributed by atoms with van der Waals surface area (Å²) in [7, 11) is 1.56. The van der Waals surface area contributed by atoms with E-state index in [1.807, 2.05) is 12.1 Å². The van der Waals surface area contributed by atoms with Crippen LogP contribution in [0.25, 0.3) is 0 Å². The van der Waals surface area contributed by atoms with E-state index in [0.29, 0.717) is 36.3 Å². The molecule has 2 atom stereocenters. The zero-order valence-electron chi connectivity index (χ0n) is 17.2. The lowest BCUT2D eigenvalue weighted by Gasteiger charge is -2.61. The Hall–Kier alpha value is -1.22. The molecule has 0 heterocycles. The first-order valence-electron chi connectivity index (χ1n) is 10.2. The van der Waals surface area contributed by atoms with Gasteiger partial charge in [0.2, 0.25) is 0 Å². The van der Waals surface area contributed by atoms with Crippen molar-refractivity contribution >= 4 is 29.9 Å². The lowest BCUT2D eigenvalue weighted by atomic mass is 9.51. The minimum atomic E-state index is 0. The van der Waals surface area contributed by atoms with E-state index in [1.165, 1.54) is 19.3 Å². The molecule has 2 aliphatic rings. The largest absolute Gasteiger partial charge is 0.504 e. The molecule has 0 amide bonds. The van der Waals surface area contributed by atoms with Crippen LogP contribution >= 0.6 is 24.0 Å². The van der Waals surface area contributed by atoms with Crippen LogP contribution in [0.2, 0.25) is 0 Å². The van der Waals surface area contributed by atoms with Crippen molar-refractivity contribution < 1.29 is 14.6 Å².